The average Bonchev–Trinajstić information content (AvgIpc) is 2.87. The lowest BCUT2D eigenvalue weighted by atomic mass is 10.2. The second-order valence-corrected chi connectivity index (χ2v) is 6.79. The summed E-state index contributed by atoms with van der Waals surface area (Å²) in [6.07, 6.45) is 1.86. The van der Waals surface area contributed by atoms with Crippen molar-refractivity contribution >= 4 is 46.2 Å². The number of benzene rings is 2. The molecular formula is C19H17ClN2O2S. The topological polar surface area (TPSA) is 41.9 Å². The Labute approximate surface area is 156 Å². The highest BCUT2D eigenvalue weighted by Gasteiger charge is 2.30. The molecule has 1 aliphatic heterocycles. The maximum absolute atomic E-state index is 12.4. The fraction of sp³-hybridized carbons (Fsp3) is 0.158. The number of hydrogen-bond donors (Lipinski definition) is 0. The molecule has 1 amide bonds. The van der Waals surface area contributed by atoms with Gasteiger partial charge in [0.1, 0.15) is 5.75 Å². The molecular weight excluding hydrogens is 356 g/mol. The van der Waals surface area contributed by atoms with Gasteiger partial charge in [-0.15, -0.1) is 0 Å². The summed E-state index contributed by atoms with van der Waals surface area (Å²) in [6.45, 7) is 2.57. The largest absolute Gasteiger partial charge is 0.494 e. The molecule has 0 radical (unpaired) electrons. The van der Waals surface area contributed by atoms with Gasteiger partial charge in [-0.3, -0.25) is 9.69 Å². The van der Waals surface area contributed by atoms with Crippen LogP contribution in [0.3, 0.4) is 0 Å². The number of amidine groups is 1. The van der Waals surface area contributed by atoms with Crippen molar-refractivity contribution in [3.8, 4) is 5.75 Å². The Kier molecular flexibility index (Phi) is 5.46. The molecule has 0 saturated carbocycles. The van der Waals surface area contributed by atoms with E-state index in [4.69, 9.17) is 16.3 Å². The Morgan fingerprint density at radius 3 is 2.48 bits per heavy atom. The lowest BCUT2D eigenvalue weighted by molar-refractivity contribution is -0.121. The molecule has 2 aromatic carbocycles. The van der Waals surface area contributed by atoms with Gasteiger partial charge in [-0.05, 0) is 66.7 Å². The fourth-order valence-corrected chi connectivity index (χ4v) is 3.37. The molecule has 25 heavy (non-hydrogen) atoms. The Bertz CT molecular complexity index is 830. The summed E-state index contributed by atoms with van der Waals surface area (Å²) in [6, 6.07) is 14.8. The van der Waals surface area contributed by atoms with Crippen LogP contribution in [0.15, 0.2) is 58.4 Å². The maximum Gasteiger partial charge on any atom is 0.266 e. The number of hydrogen-bond acceptors (Lipinski definition) is 4. The van der Waals surface area contributed by atoms with Gasteiger partial charge in [0, 0.05) is 12.1 Å². The lowest BCUT2D eigenvalue weighted by Gasteiger charge is -2.07. The third kappa shape index (κ3) is 4.24. The van der Waals surface area contributed by atoms with Crippen LogP contribution in [0, 0.1) is 0 Å². The first-order valence-corrected chi connectivity index (χ1v) is 9.01. The highest BCUT2D eigenvalue weighted by Crippen LogP contribution is 2.33. The average molecular weight is 373 g/mol. The SMILES string of the molecule is CCOc1ccc(/C=C2/SC(=Nc3ccc(Cl)cc3)N(C)C2=O)cc1. The molecule has 128 valence electrons. The molecule has 1 saturated heterocycles. The predicted octanol–water partition coefficient (Wildman–Crippen LogP) is 4.97. The molecule has 1 aliphatic rings. The van der Waals surface area contributed by atoms with Crippen molar-refractivity contribution in [3.05, 3.63) is 64.0 Å². The minimum atomic E-state index is -0.0633. The van der Waals surface area contributed by atoms with E-state index >= 15 is 0 Å². The van der Waals surface area contributed by atoms with E-state index in [1.54, 1.807) is 24.1 Å². The highest BCUT2D eigenvalue weighted by molar-refractivity contribution is 8.18. The number of thioether (sulfide) groups is 1. The summed E-state index contributed by atoms with van der Waals surface area (Å²) in [4.78, 5) is 19.2. The molecule has 2 aromatic rings. The van der Waals surface area contributed by atoms with Crippen molar-refractivity contribution in [1.82, 2.24) is 4.90 Å². The zero-order valence-electron chi connectivity index (χ0n) is 13.9. The van der Waals surface area contributed by atoms with E-state index in [2.05, 4.69) is 4.99 Å². The number of aliphatic imine (C=N–C) groups is 1. The molecule has 0 aromatic heterocycles. The highest BCUT2D eigenvalue weighted by atomic mass is 35.5. The van der Waals surface area contributed by atoms with Gasteiger partial charge in [0.05, 0.1) is 17.2 Å². The van der Waals surface area contributed by atoms with Crippen LogP contribution in [0.1, 0.15) is 12.5 Å². The number of ether oxygens (including phenoxy) is 1. The third-order valence-corrected chi connectivity index (χ3v) is 4.86. The van der Waals surface area contributed by atoms with Crippen LogP contribution in [0.5, 0.6) is 5.75 Å². The van der Waals surface area contributed by atoms with E-state index in [9.17, 15) is 4.79 Å². The Morgan fingerprint density at radius 2 is 1.84 bits per heavy atom. The van der Waals surface area contributed by atoms with E-state index in [1.807, 2.05) is 49.4 Å². The van der Waals surface area contributed by atoms with Crippen LogP contribution in [0.25, 0.3) is 6.08 Å². The number of rotatable bonds is 4. The van der Waals surface area contributed by atoms with Crippen LogP contribution < -0.4 is 4.74 Å². The Morgan fingerprint density at radius 1 is 1.16 bits per heavy atom. The van der Waals surface area contributed by atoms with E-state index in [0.29, 0.717) is 21.7 Å². The number of likely N-dealkylation sites (N-methyl/N-ethyl adjacent to an activating group) is 1. The van der Waals surface area contributed by atoms with E-state index in [1.165, 1.54) is 11.8 Å². The molecule has 1 fully saturated rings. The number of nitrogens with zero attached hydrogens (tertiary/aromatic N) is 2. The van der Waals surface area contributed by atoms with Crippen LogP contribution >= 0.6 is 23.4 Å². The monoisotopic (exact) mass is 372 g/mol. The molecule has 0 aliphatic carbocycles. The van der Waals surface area contributed by atoms with Gasteiger partial charge in [-0.1, -0.05) is 23.7 Å². The van der Waals surface area contributed by atoms with E-state index in [0.717, 1.165) is 17.0 Å². The molecule has 6 heteroatoms. The quantitative estimate of drug-likeness (QED) is 0.711. The standard InChI is InChI=1S/C19H17ClN2O2S/c1-3-24-16-10-4-13(5-11-16)12-17-18(23)22(2)19(25-17)21-15-8-6-14(20)7-9-15/h4-12H,3H2,1-2H3/b17-12+,21-19?. The smallest absolute Gasteiger partial charge is 0.266 e. The van der Waals surface area contributed by atoms with Gasteiger partial charge in [0.25, 0.3) is 5.91 Å². The minimum Gasteiger partial charge on any atom is -0.494 e. The third-order valence-electron chi connectivity index (χ3n) is 3.54. The first-order chi connectivity index (χ1) is 12.1. The molecule has 1 heterocycles. The zero-order valence-corrected chi connectivity index (χ0v) is 15.5. The predicted molar refractivity (Wildman–Crippen MR) is 104 cm³/mol. The number of amides is 1. The fourth-order valence-electron chi connectivity index (χ4n) is 2.26. The van der Waals surface area contributed by atoms with Crippen LogP contribution in [0.2, 0.25) is 5.02 Å². The molecule has 0 unspecified atom stereocenters. The summed E-state index contributed by atoms with van der Waals surface area (Å²) >= 11 is 7.25. The van der Waals surface area contributed by atoms with Gasteiger partial charge in [0.2, 0.25) is 0 Å². The maximum atomic E-state index is 12.4. The van der Waals surface area contributed by atoms with Crippen LogP contribution in [0.4, 0.5) is 5.69 Å². The molecule has 3 rings (SSSR count). The van der Waals surface area contributed by atoms with Gasteiger partial charge in [0.15, 0.2) is 5.17 Å². The molecule has 0 N–H and O–H groups in total. The van der Waals surface area contributed by atoms with E-state index < -0.39 is 0 Å². The zero-order chi connectivity index (χ0) is 17.8. The molecule has 0 atom stereocenters. The Balaban J connectivity index is 1.81. The number of carbonyl (C=O) groups excluding carboxylic acids is 1. The van der Waals surface area contributed by atoms with Crippen molar-refractivity contribution in [2.75, 3.05) is 13.7 Å². The second kappa shape index (κ2) is 7.76. The van der Waals surface area contributed by atoms with Crippen LogP contribution in [-0.2, 0) is 4.79 Å². The van der Waals surface area contributed by atoms with Gasteiger partial charge in [-0.2, -0.15) is 0 Å². The minimum absolute atomic E-state index is 0.0633. The first kappa shape index (κ1) is 17.6. The Hall–Kier alpha value is -2.24. The van der Waals surface area contributed by atoms with Crippen molar-refractivity contribution < 1.29 is 9.53 Å². The second-order valence-electron chi connectivity index (χ2n) is 5.35. The summed E-state index contributed by atoms with van der Waals surface area (Å²) in [7, 11) is 1.73. The number of carbonyl (C=O) groups is 1. The van der Waals surface area contributed by atoms with Crippen molar-refractivity contribution in [2.24, 2.45) is 4.99 Å². The van der Waals surface area contributed by atoms with E-state index in [-0.39, 0.29) is 5.91 Å². The molecule has 4 nitrogen and oxygen atoms in total. The normalized spacial score (nSPS) is 17.6. The van der Waals surface area contributed by atoms with Crippen molar-refractivity contribution in [2.45, 2.75) is 6.92 Å². The molecule has 0 spiro atoms. The number of halogens is 1. The van der Waals surface area contributed by atoms with Crippen LogP contribution in [-0.4, -0.2) is 29.6 Å². The summed E-state index contributed by atoms with van der Waals surface area (Å²) < 4.78 is 5.43. The first-order valence-electron chi connectivity index (χ1n) is 7.81. The van der Waals surface area contributed by atoms with Gasteiger partial charge < -0.3 is 4.74 Å². The summed E-state index contributed by atoms with van der Waals surface area (Å²) in [5.74, 6) is 0.753. The summed E-state index contributed by atoms with van der Waals surface area (Å²) in [5.41, 5.74) is 1.70. The lowest BCUT2D eigenvalue weighted by Crippen LogP contribution is -2.23. The summed E-state index contributed by atoms with van der Waals surface area (Å²) in [5, 5.41) is 1.30. The molecule has 0 bridgehead atoms. The van der Waals surface area contributed by atoms with Crippen molar-refractivity contribution in [3.63, 3.8) is 0 Å². The van der Waals surface area contributed by atoms with Gasteiger partial charge >= 0.3 is 0 Å². The van der Waals surface area contributed by atoms with Gasteiger partial charge in [-0.25, -0.2) is 4.99 Å². The van der Waals surface area contributed by atoms with Crippen molar-refractivity contribution in [1.29, 1.82) is 0 Å².